The van der Waals surface area contributed by atoms with Crippen LogP contribution in [0, 0.1) is 11.3 Å². The number of Topliss-reactive ketones (excluding diaryl/α,β-unsaturated/α-hetero) is 1. The summed E-state index contributed by atoms with van der Waals surface area (Å²) in [4.78, 5) is 21.9. The van der Waals surface area contributed by atoms with Crippen molar-refractivity contribution < 1.29 is 14.7 Å². The average molecular weight is 154 g/mol. The van der Waals surface area contributed by atoms with E-state index in [0.29, 0.717) is 19.3 Å². The van der Waals surface area contributed by atoms with Crippen LogP contribution in [0.2, 0.25) is 0 Å². The number of fused-ring (bicyclic) bond motifs is 1. The topological polar surface area (TPSA) is 54.4 Å². The number of hydrogen-bond acceptors (Lipinski definition) is 2. The fraction of sp³-hybridized carbons (Fsp3) is 0.750. The van der Waals surface area contributed by atoms with E-state index in [4.69, 9.17) is 5.11 Å². The summed E-state index contributed by atoms with van der Waals surface area (Å²) in [5, 5.41) is 8.86. The van der Waals surface area contributed by atoms with E-state index in [-0.39, 0.29) is 11.7 Å². The maximum absolute atomic E-state index is 11.1. The SMILES string of the molecule is O=C1CCC2(C(=O)O)CCC12. The molecule has 0 radical (unpaired) electrons. The third-order valence-corrected chi connectivity index (χ3v) is 3.18. The Morgan fingerprint density at radius 2 is 2.27 bits per heavy atom. The number of aliphatic carboxylic acids is 1. The van der Waals surface area contributed by atoms with Gasteiger partial charge in [-0.15, -0.1) is 0 Å². The monoisotopic (exact) mass is 154 g/mol. The molecule has 0 saturated heterocycles. The van der Waals surface area contributed by atoms with Crippen LogP contribution in [-0.4, -0.2) is 16.9 Å². The van der Waals surface area contributed by atoms with Crippen LogP contribution in [0.25, 0.3) is 0 Å². The van der Waals surface area contributed by atoms with E-state index in [0.717, 1.165) is 6.42 Å². The van der Waals surface area contributed by atoms with Gasteiger partial charge < -0.3 is 5.11 Å². The Hall–Kier alpha value is -0.860. The predicted octanol–water partition coefficient (Wildman–Crippen LogP) is 0.830. The van der Waals surface area contributed by atoms with Crippen molar-refractivity contribution in [1.82, 2.24) is 0 Å². The second-order valence-electron chi connectivity index (χ2n) is 3.52. The molecule has 0 amide bonds. The first-order valence-corrected chi connectivity index (χ1v) is 3.93. The lowest BCUT2D eigenvalue weighted by Gasteiger charge is -2.39. The molecule has 3 nitrogen and oxygen atoms in total. The van der Waals surface area contributed by atoms with Gasteiger partial charge in [-0.25, -0.2) is 0 Å². The van der Waals surface area contributed by atoms with E-state index in [1.807, 2.05) is 0 Å². The lowest BCUT2D eigenvalue weighted by molar-refractivity contribution is -0.160. The highest BCUT2D eigenvalue weighted by Crippen LogP contribution is 2.55. The smallest absolute Gasteiger partial charge is 0.310 e. The van der Waals surface area contributed by atoms with Crippen molar-refractivity contribution in [2.75, 3.05) is 0 Å². The molecular formula is C8H10O3. The van der Waals surface area contributed by atoms with Gasteiger partial charge in [-0.3, -0.25) is 9.59 Å². The fourth-order valence-electron chi connectivity index (χ4n) is 2.29. The van der Waals surface area contributed by atoms with Gasteiger partial charge in [0.15, 0.2) is 0 Å². The standard InChI is InChI=1S/C8H10O3/c9-6-2-4-8(7(10)11)3-1-5(6)8/h5H,1-4H2,(H,10,11). The number of hydrogen-bond donors (Lipinski definition) is 1. The van der Waals surface area contributed by atoms with Gasteiger partial charge in [-0.1, -0.05) is 0 Å². The highest BCUT2D eigenvalue weighted by atomic mass is 16.4. The van der Waals surface area contributed by atoms with Gasteiger partial charge in [-0.2, -0.15) is 0 Å². The van der Waals surface area contributed by atoms with Crippen molar-refractivity contribution in [1.29, 1.82) is 0 Å². The highest BCUT2D eigenvalue weighted by Gasteiger charge is 2.59. The summed E-state index contributed by atoms with van der Waals surface area (Å²) in [6, 6.07) is 0. The van der Waals surface area contributed by atoms with Crippen molar-refractivity contribution >= 4 is 11.8 Å². The van der Waals surface area contributed by atoms with E-state index in [1.165, 1.54) is 0 Å². The fourth-order valence-corrected chi connectivity index (χ4v) is 2.29. The van der Waals surface area contributed by atoms with E-state index in [9.17, 15) is 9.59 Å². The number of ketones is 1. The summed E-state index contributed by atoms with van der Waals surface area (Å²) in [6.45, 7) is 0. The maximum atomic E-state index is 11.1. The summed E-state index contributed by atoms with van der Waals surface area (Å²) < 4.78 is 0. The molecule has 11 heavy (non-hydrogen) atoms. The highest BCUT2D eigenvalue weighted by molar-refractivity contribution is 5.93. The van der Waals surface area contributed by atoms with E-state index < -0.39 is 11.4 Å². The number of carboxylic acid groups (broad SMARTS) is 1. The molecule has 2 fully saturated rings. The van der Waals surface area contributed by atoms with Crippen molar-refractivity contribution in [2.45, 2.75) is 25.7 Å². The van der Waals surface area contributed by atoms with Crippen molar-refractivity contribution in [3.63, 3.8) is 0 Å². The molecule has 0 aromatic carbocycles. The number of carboxylic acids is 1. The van der Waals surface area contributed by atoms with Crippen molar-refractivity contribution in [3.05, 3.63) is 0 Å². The zero-order valence-corrected chi connectivity index (χ0v) is 6.17. The zero-order valence-electron chi connectivity index (χ0n) is 6.17. The van der Waals surface area contributed by atoms with Crippen LogP contribution in [0.3, 0.4) is 0 Å². The summed E-state index contributed by atoms with van der Waals surface area (Å²) in [6.07, 6.45) is 2.56. The summed E-state index contributed by atoms with van der Waals surface area (Å²) >= 11 is 0. The molecule has 2 saturated carbocycles. The first kappa shape index (κ1) is 6.83. The lowest BCUT2D eigenvalue weighted by Crippen LogP contribution is -2.44. The third kappa shape index (κ3) is 0.633. The van der Waals surface area contributed by atoms with Crippen LogP contribution in [0.15, 0.2) is 0 Å². The minimum absolute atomic E-state index is 0.139. The number of carbonyl (C=O) groups excluding carboxylic acids is 1. The lowest BCUT2D eigenvalue weighted by atomic mass is 9.62. The van der Waals surface area contributed by atoms with Gasteiger partial charge in [0.05, 0.1) is 5.41 Å². The number of rotatable bonds is 1. The van der Waals surface area contributed by atoms with Gasteiger partial charge in [0, 0.05) is 12.3 Å². The Bertz CT molecular complexity index is 233. The van der Waals surface area contributed by atoms with Gasteiger partial charge in [0.1, 0.15) is 5.78 Å². The summed E-state index contributed by atoms with van der Waals surface area (Å²) in [7, 11) is 0. The largest absolute Gasteiger partial charge is 0.481 e. The van der Waals surface area contributed by atoms with Crippen LogP contribution in [0.5, 0.6) is 0 Å². The van der Waals surface area contributed by atoms with Crippen molar-refractivity contribution in [3.8, 4) is 0 Å². The Morgan fingerprint density at radius 1 is 1.55 bits per heavy atom. The van der Waals surface area contributed by atoms with E-state index in [1.54, 1.807) is 0 Å². The molecule has 2 rings (SSSR count). The van der Waals surface area contributed by atoms with Gasteiger partial charge in [0.25, 0.3) is 0 Å². The van der Waals surface area contributed by atoms with Crippen molar-refractivity contribution in [2.24, 2.45) is 11.3 Å². The summed E-state index contributed by atoms with van der Waals surface area (Å²) in [5.41, 5.74) is -0.628. The van der Waals surface area contributed by atoms with E-state index >= 15 is 0 Å². The Balaban J connectivity index is 2.29. The molecule has 0 spiro atoms. The molecule has 1 N–H and O–H groups in total. The predicted molar refractivity (Wildman–Crippen MR) is 37.0 cm³/mol. The third-order valence-electron chi connectivity index (χ3n) is 3.18. The first-order valence-electron chi connectivity index (χ1n) is 3.93. The quantitative estimate of drug-likeness (QED) is 0.608. The summed E-state index contributed by atoms with van der Waals surface area (Å²) in [5.74, 6) is -0.738. The minimum atomic E-state index is -0.764. The van der Waals surface area contributed by atoms with Crippen LogP contribution >= 0.6 is 0 Å². The molecule has 2 unspecified atom stereocenters. The van der Waals surface area contributed by atoms with Gasteiger partial charge in [0.2, 0.25) is 0 Å². The average Bonchev–Trinajstić information content (AvgIpc) is 2.04. The number of carbonyl (C=O) groups is 2. The van der Waals surface area contributed by atoms with Crippen LogP contribution in [0.4, 0.5) is 0 Å². The van der Waals surface area contributed by atoms with Gasteiger partial charge in [-0.05, 0) is 19.3 Å². The second-order valence-corrected chi connectivity index (χ2v) is 3.52. The van der Waals surface area contributed by atoms with Gasteiger partial charge >= 0.3 is 5.97 Å². The molecule has 0 heterocycles. The maximum Gasteiger partial charge on any atom is 0.310 e. The molecule has 0 bridgehead atoms. The second kappa shape index (κ2) is 1.84. The minimum Gasteiger partial charge on any atom is -0.481 e. The molecular weight excluding hydrogens is 144 g/mol. The Kier molecular flexibility index (Phi) is 1.14. The molecule has 60 valence electrons. The molecule has 3 heteroatoms. The van der Waals surface area contributed by atoms with Crippen LogP contribution in [0.1, 0.15) is 25.7 Å². The Labute approximate surface area is 64.4 Å². The van der Waals surface area contributed by atoms with E-state index in [2.05, 4.69) is 0 Å². The molecule has 0 aromatic rings. The van der Waals surface area contributed by atoms with Crippen LogP contribution < -0.4 is 0 Å². The Morgan fingerprint density at radius 3 is 2.55 bits per heavy atom. The molecule has 0 aliphatic heterocycles. The molecule has 2 aliphatic carbocycles. The van der Waals surface area contributed by atoms with Crippen LogP contribution in [-0.2, 0) is 9.59 Å². The normalized spacial score (nSPS) is 41.5. The zero-order chi connectivity index (χ0) is 8.06. The molecule has 0 aromatic heterocycles. The molecule has 2 atom stereocenters. The first-order chi connectivity index (χ1) is 5.17. The molecule has 2 aliphatic rings.